The Morgan fingerprint density at radius 3 is 2.66 bits per heavy atom. The second kappa shape index (κ2) is 10.1. The third kappa shape index (κ3) is 5.63. The molecule has 1 aliphatic heterocycles. The zero-order valence-corrected chi connectivity index (χ0v) is 21.2. The first-order chi connectivity index (χ1) is 17.8. The maximum atomic E-state index is 13.1. The largest absolute Gasteiger partial charge is 0.482 e. The summed E-state index contributed by atoms with van der Waals surface area (Å²) in [6.45, 7) is 3.36. The molecule has 1 unspecified atom stereocenters. The molecular formula is C27H23ClF3N3O4. The lowest BCUT2D eigenvalue weighted by molar-refractivity contribution is -0.137. The van der Waals surface area contributed by atoms with Crippen molar-refractivity contribution >= 4 is 29.0 Å². The van der Waals surface area contributed by atoms with E-state index in [0.717, 1.165) is 12.1 Å². The van der Waals surface area contributed by atoms with Gasteiger partial charge in [-0.25, -0.2) is 0 Å². The molecule has 2 aliphatic rings. The number of carbonyl (C=O) groups is 2. The number of nitriles is 1. The fourth-order valence-electron chi connectivity index (χ4n) is 4.55. The fraction of sp³-hybridized carbons (Fsp3) is 0.296. The van der Waals surface area contributed by atoms with Gasteiger partial charge in [0.1, 0.15) is 23.2 Å². The molecule has 0 aromatic heterocycles. The van der Waals surface area contributed by atoms with Crippen molar-refractivity contribution in [2.24, 2.45) is 11.1 Å². The molecule has 1 heterocycles. The Bertz CT molecular complexity index is 1420. The second-order valence-electron chi connectivity index (χ2n) is 9.81. The number of nitrogens with one attached hydrogen (secondary N) is 1. The number of anilines is 1. The maximum Gasteiger partial charge on any atom is 0.416 e. The lowest BCUT2D eigenvalue weighted by Gasteiger charge is -2.37. The minimum absolute atomic E-state index is 0.0350. The van der Waals surface area contributed by atoms with E-state index in [1.807, 2.05) is 19.9 Å². The number of rotatable bonds is 5. The highest BCUT2D eigenvalue weighted by Gasteiger charge is 2.43. The Morgan fingerprint density at radius 1 is 1.26 bits per heavy atom. The minimum atomic E-state index is -4.54. The molecule has 1 aliphatic carbocycles. The molecule has 0 fully saturated rings. The summed E-state index contributed by atoms with van der Waals surface area (Å²) in [5.74, 6) is -1.14. The topological polar surface area (TPSA) is 114 Å². The van der Waals surface area contributed by atoms with Crippen molar-refractivity contribution in [1.82, 2.24) is 0 Å². The average molecular weight is 546 g/mol. The van der Waals surface area contributed by atoms with Crippen molar-refractivity contribution in [3.05, 3.63) is 81.4 Å². The molecule has 198 valence electrons. The summed E-state index contributed by atoms with van der Waals surface area (Å²) < 4.78 is 49.8. The number of amides is 1. The highest BCUT2D eigenvalue weighted by Crippen LogP contribution is 2.48. The summed E-state index contributed by atoms with van der Waals surface area (Å²) in [5, 5.41) is 12.2. The number of Topliss-reactive ketones (excluding diaryl/α,β-unsaturated/α-hetero) is 1. The standard InChI is InChI=1S/C27H23ClF3N3O4/c1-26(2)10-19(35)24-21(11-26)38-25(33)17(12-32)23(24)14-6-7-20(18(28)8-14)37-13-22(36)34-16-5-3-4-15(9-16)27(29,30)31/h3-9,23H,10-11,13,33H2,1-2H3,(H,34,36). The third-order valence-corrected chi connectivity index (χ3v) is 6.49. The van der Waals surface area contributed by atoms with Crippen LogP contribution in [0.1, 0.15) is 43.7 Å². The van der Waals surface area contributed by atoms with Gasteiger partial charge in [-0.15, -0.1) is 0 Å². The van der Waals surface area contributed by atoms with Gasteiger partial charge in [0, 0.05) is 24.1 Å². The molecule has 1 atom stereocenters. The molecule has 1 amide bonds. The number of allylic oxidation sites excluding steroid dienone is 3. The first kappa shape index (κ1) is 27.1. The van der Waals surface area contributed by atoms with Gasteiger partial charge in [-0.2, -0.15) is 18.4 Å². The van der Waals surface area contributed by atoms with Crippen LogP contribution < -0.4 is 15.8 Å². The van der Waals surface area contributed by atoms with Crippen LogP contribution >= 0.6 is 11.6 Å². The number of alkyl halides is 3. The number of nitrogens with two attached hydrogens (primary N) is 1. The number of ketones is 1. The van der Waals surface area contributed by atoms with Gasteiger partial charge in [-0.1, -0.05) is 37.6 Å². The number of benzene rings is 2. The van der Waals surface area contributed by atoms with Gasteiger partial charge in [0.05, 0.1) is 16.5 Å². The van der Waals surface area contributed by atoms with E-state index < -0.39 is 30.2 Å². The van der Waals surface area contributed by atoms with E-state index in [1.54, 1.807) is 6.07 Å². The average Bonchev–Trinajstić information content (AvgIpc) is 2.81. The van der Waals surface area contributed by atoms with Crippen LogP contribution in [0, 0.1) is 16.7 Å². The summed E-state index contributed by atoms with van der Waals surface area (Å²) in [5.41, 5.74) is 5.73. The summed E-state index contributed by atoms with van der Waals surface area (Å²) in [7, 11) is 0. The molecule has 38 heavy (non-hydrogen) atoms. The monoisotopic (exact) mass is 545 g/mol. The smallest absolute Gasteiger partial charge is 0.416 e. The molecule has 0 radical (unpaired) electrons. The van der Waals surface area contributed by atoms with E-state index in [0.29, 0.717) is 23.3 Å². The highest BCUT2D eigenvalue weighted by atomic mass is 35.5. The number of hydrogen-bond acceptors (Lipinski definition) is 6. The normalized spacial score (nSPS) is 18.9. The quantitative estimate of drug-likeness (QED) is 0.489. The van der Waals surface area contributed by atoms with Gasteiger partial charge in [-0.3, -0.25) is 9.59 Å². The maximum absolute atomic E-state index is 13.1. The van der Waals surface area contributed by atoms with Crippen LogP contribution in [0.2, 0.25) is 5.02 Å². The molecule has 7 nitrogen and oxygen atoms in total. The Kier molecular flexibility index (Phi) is 7.17. The van der Waals surface area contributed by atoms with Crippen molar-refractivity contribution < 1.29 is 32.2 Å². The van der Waals surface area contributed by atoms with Crippen LogP contribution in [0.4, 0.5) is 18.9 Å². The van der Waals surface area contributed by atoms with Gasteiger partial charge >= 0.3 is 6.18 Å². The summed E-state index contributed by atoms with van der Waals surface area (Å²) in [4.78, 5) is 25.3. The first-order valence-electron chi connectivity index (χ1n) is 11.5. The number of carbonyl (C=O) groups excluding carboxylic acids is 2. The van der Waals surface area contributed by atoms with Crippen molar-refractivity contribution in [3.63, 3.8) is 0 Å². The van der Waals surface area contributed by atoms with Gasteiger partial charge in [0.2, 0.25) is 5.88 Å². The predicted molar refractivity (Wildman–Crippen MR) is 133 cm³/mol. The van der Waals surface area contributed by atoms with Crippen LogP contribution in [0.15, 0.2) is 65.3 Å². The van der Waals surface area contributed by atoms with Crippen molar-refractivity contribution in [2.45, 2.75) is 38.8 Å². The predicted octanol–water partition coefficient (Wildman–Crippen LogP) is 5.83. The summed E-state index contributed by atoms with van der Waals surface area (Å²) >= 11 is 6.40. The Morgan fingerprint density at radius 2 is 2.00 bits per heavy atom. The summed E-state index contributed by atoms with van der Waals surface area (Å²) in [6, 6.07) is 10.8. The second-order valence-corrected chi connectivity index (χ2v) is 10.2. The minimum Gasteiger partial charge on any atom is -0.482 e. The summed E-state index contributed by atoms with van der Waals surface area (Å²) in [6.07, 6.45) is -3.79. The molecule has 0 bridgehead atoms. The van der Waals surface area contributed by atoms with E-state index in [4.69, 9.17) is 26.8 Å². The van der Waals surface area contributed by atoms with Gasteiger partial charge in [0.25, 0.3) is 5.91 Å². The number of ether oxygens (including phenoxy) is 2. The Balaban J connectivity index is 1.52. The molecule has 0 spiro atoms. The fourth-order valence-corrected chi connectivity index (χ4v) is 4.79. The Hall–Kier alpha value is -3.97. The zero-order valence-electron chi connectivity index (χ0n) is 20.4. The van der Waals surface area contributed by atoms with Gasteiger partial charge < -0.3 is 20.5 Å². The molecule has 0 saturated heterocycles. The number of nitrogens with zero attached hydrogens (tertiary/aromatic N) is 1. The molecule has 2 aromatic rings. The van der Waals surface area contributed by atoms with Crippen LogP contribution in [0.25, 0.3) is 0 Å². The first-order valence-corrected chi connectivity index (χ1v) is 11.9. The lowest BCUT2D eigenvalue weighted by atomic mass is 9.70. The molecule has 3 N–H and O–H groups in total. The highest BCUT2D eigenvalue weighted by molar-refractivity contribution is 6.32. The van der Waals surface area contributed by atoms with E-state index in [-0.39, 0.29) is 45.5 Å². The van der Waals surface area contributed by atoms with Gasteiger partial charge in [-0.05, 0) is 41.3 Å². The van der Waals surface area contributed by atoms with Gasteiger partial charge in [0.15, 0.2) is 12.4 Å². The molecule has 11 heteroatoms. The third-order valence-electron chi connectivity index (χ3n) is 6.20. The van der Waals surface area contributed by atoms with Crippen molar-refractivity contribution in [2.75, 3.05) is 11.9 Å². The van der Waals surface area contributed by atoms with Crippen LogP contribution in [-0.2, 0) is 20.5 Å². The molecule has 0 saturated carbocycles. The molecule has 2 aromatic carbocycles. The lowest BCUT2D eigenvalue weighted by Crippen LogP contribution is -2.33. The van der Waals surface area contributed by atoms with Crippen molar-refractivity contribution in [3.8, 4) is 11.8 Å². The van der Waals surface area contributed by atoms with E-state index >= 15 is 0 Å². The number of halogens is 4. The van der Waals surface area contributed by atoms with E-state index in [2.05, 4.69) is 5.32 Å². The zero-order chi connectivity index (χ0) is 27.8. The van der Waals surface area contributed by atoms with Crippen molar-refractivity contribution in [1.29, 1.82) is 5.26 Å². The van der Waals surface area contributed by atoms with Crippen LogP contribution in [-0.4, -0.2) is 18.3 Å². The SMILES string of the molecule is CC1(C)CC(=O)C2=C(C1)OC(N)=C(C#N)C2c1ccc(OCC(=O)Nc2cccc(C(F)(F)F)c2)c(Cl)c1. The number of hydrogen-bond donors (Lipinski definition) is 2. The van der Waals surface area contributed by atoms with Crippen LogP contribution in [0.5, 0.6) is 5.75 Å². The molecule has 4 rings (SSSR count). The van der Waals surface area contributed by atoms with E-state index in [9.17, 15) is 28.0 Å². The van der Waals surface area contributed by atoms with Crippen LogP contribution in [0.3, 0.4) is 0 Å². The molecular weight excluding hydrogens is 523 g/mol. The Labute approximate surface area is 221 Å². The van der Waals surface area contributed by atoms with E-state index in [1.165, 1.54) is 24.3 Å².